The average Bonchev–Trinajstić information content (AvgIpc) is 3.53. The van der Waals surface area contributed by atoms with E-state index in [4.69, 9.17) is 14.2 Å². The molecule has 10 nitrogen and oxygen atoms in total. The van der Waals surface area contributed by atoms with Crippen molar-refractivity contribution in [2.24, 2.45) is 0 Å². The second-order valence-corrected chi connectivity index (χ2v) is 11.8. The lowest BCUT2D eigenvalue weighted by Crippen LogP contribution is -2.45. The zero-order chi connectivity index (χ0) is 31.3. The Morgan fingerprint density at radius 2 is 1.91 bits per heavy atom. The summed E-state index contributed by atoms with van der Waals surface area (Å²) in [5, 5.41) is 5.60. The first-order valence-electron chi connectivity index (χ1n) is 15.0. The lowest BCUT2D eigenvalue weighted by molar-refractivity contribution is -0.139. The molecule has 3 aliphatic heterocycles. The van der Waals surface area contributed by atoms with Gasteiger partial charge in [0.1, 0.15) is 41.5 Å². The quantitative estimate of drug-likeness (QED) is 0.387. The van der Waals surface area contributed by atoms with Crippen molar-refractivity contribution in [2.75, 3.05) is 51.7 Å². The van der Waals surface area contributed by atoms with Gasteiger partial charge in [-0.3, -0.25) is 14.5 Å². The highest BCUT2D eigenvalue weighted by molar-refractivity contribution is 5.95. The predicted molar refractivity (Wildman–Crippen MR) is 157 cm³/mol. The molecule has 45 heavy (non-hydrogen) atoms. The van der Waals surface area contributed by atoms with Gasteiger partial charge in [-0.15, -0.1) is 0 Å². The number of hydrogen-bond acceptors (Lipinski definition) is 8. The molecule has 1 aromatic heterocycles. The second kappa shape index (κ2) is 11.5. The number of carbonyl (C=O) groups is 2. The molecule has 3 atom stereocenters. The molecule has 1 saturated carbocycles. The Morgan fingerprint density at radius 3 is 2.71 bits per heavy atom. The molecule has 3 unspecified atom stereocenters. The minimum Gasteiger partial charge on any atom is -0.492 e. The van der Waals surface area contributed by atoms with Crippen molar-refractivity contribution < 1.29 is 37.0 Å². The average molecular weight is 624 g/mol. The SMILES string of the molecule is CN1CCN(CCOc2ccc(C(=O)NC3C4Oc5ccc(Oc6ccnc7c6CCC(=O)N7)cc5C34)cc2C(F)(F)F)CC1. The van der Waals surface area contributed by atoms with Crippen molar-refractivity contribution in [2.45, 2.75) is 37.1 Å². The highest BCUT2D eigenvalue weighted by atomic mass is 19.4. The van der Waals surface area contributed by atoms with E-state index in [0.29, 0.717) is 42.5 Å². The number of alkyl halides is 3. The molecule has 1 aliphatic carbocycles. The van der Waals surface area contributed by atoms with E-state index in [-0.39, 0.29) is 35.8 Å². The van der Waals surface area contributed by atoms with E-state index in [1.165, 1.54) is 12.1 Å². The summed E-state index contributed by atoms with van der Waals surface area (Å²) < 4.78 is 59.6. The lowest BCUT2D eigenvalue weighted by atomic mass is 10.1. The monoisotopic (exact) mass is 623 g/mol. The molecular formula is C32H32F3N5O5. The standard InChI is InChI=1S/C32H32F3N5O5/c1-39-10-12-40(13-11-39)14-15-43-25-5-2-18(16-22(25)32(33,34)35)31(42)38-28-27-21-17-19(3-6-23(21)45-29(27)28)44-24-8-9-36-30-20(24)4-7-26(41)37-30/h2-3,5-6,8-9,16-17,27-29H,4,7,10-15H2,1H3,(H,38,42)(H,36,37,41). The van der Waals surface area contributed by atoms with Crippen LogP contribution in [0.2, 0.25) is 0 Å². The van der Waals surface area contributed by atoms with Crippen LogP contribution in [0.15, 0.2) is 48.7 Å². The number of piperazine rings is 1. The van der Waals surface area contributed by atoms with Crippen LogP contribution < -0.4 is 24.8 Å². The summed E-state index contributed by atoms with van der Waals surface area (Å²) in [6, 6.07) is 10.2. The molecule has 0 spiro atoms. The van der Waals surface area contributed by atoms with Gasteiger partial charge in [0, 0.05) is 62.0 Å². The number of amides is 2. The van der Waals surface area contributed by atoms with E-state index < -0.39 is 23.7 Å². The van der Waals surface area contributed by atoms with Gasteiger partial charge in [-0.25, -0.2) is 4.98 Å². The maximum absolute atomic E-state index is 14.0. The number of nitrogens with one attached hydrogen (secondary N) is 2. The molecule has 2 fully saturated rings. The fourth-order valence-electron chi connectivity index (χ4n) is 6.17. The number of rotatable bonds is 8. The van der Waals surface area contributed by atoms with Crippen molar-refractivity contribution >= 4 is 17.6 Å². The first kappa shape index (κ1) is 29.4. The van der Waals surface area contributed by atoms with Crippen LogP contribution in [0.5, 0.6) is 23.0 Å². The summed E-state index contributed by atoms with van der Waals surface area (Å²) >= 11 is 0. The first-order chi connectivity index (χ1) is 21.6. The van der Waals surface area contributed by atoms with Crippen molar-refractivity contribution in [3.8, 4) is 23.0 Å². The van der Waals surface area contributed by atoms with Gasteiger partial charge in [-0.2, -0.15) is 13.2 Å². The number of fused-ring (bicyclic) bond motifs is 4. The Morgan fingerprint density at radius 1 is 1.09 bits per heavy atom. The summed E-state index contributed by atoms with van der Waals surface area (Å²) in [5.41, 5.74) is 0.573. The molecule has 0 radical (unpaired) electrons. The molecular weight excluding hydrogens is 591 g/mol. The Kier molecular flexibility index (Phi) is 7.52. The Bertz CT molecular complexity index is 1640. The third kappa shape index (κ3) is 6.01. The zero-order valence-corrected chi connectivity index (χ0v) is 24.5. The number of anilines is 1. The normalized spacial score (nSPS) is 22.4. The molecule has 2 amide bonds. The number of nitrogens with zero attached hydrogens (tertiary/aromatic N) is 3. The highest BCUT2D eigenvalue weighted by Gasteiger charge is 2.59. The first-order valence-corrected chi connectivity index (χ1v) is 15.0. The zero-order valence-electron chi connectivity index (χ0n) is 24.5. The second-order valence-electron chi connectivity index (χ2n) is 11.8. The largest absolute Gasteiger partial charge is 0.492 e. The summed E-state index contributed by atoms with van der Waals surface area (Å²) in [5.74, 6) is 1.14. The maximum atomic E-state index is 14.0. The van der Waals surface area contributed by atoms with Gasteiger partial charge in [-0.1, -0.05) is 0 Å². The fraction of sp³-hybridized carbons (Fsp3) is 0.406. The number of carbonyl (C=O) groups excluding carboxylic acids is 2. The van der Waals surface area contributed by atoms with Crippen molar-refractivity contribution in [3.05, 3.63) is 70.9 Å². The Hall–Kier alpha value is -4.36. The maximum Gasteiger partial charge on any atom is 0.419 e. The minimum absolute atomic E-state index is 0.0923. The van der Waals surface area contributed by atoms with Gasteiger partial charge in [0.2, 0.25) is 5.91 Å². The molecule has 0 bridgehead atoms. The third-order valence-electron chi connectivity index (χ3n) is 8.76. The number of hydrogen-bond donors (Lipinski definition) is 2. The van der Waals surface area contributed by atoms with Crippen molar-refractivity contribution in [1.29, 1.82) is 0 Å². The summed E-state index contributed by atoms with van der Waals surface area (Å²) in [6.07, 6.45) is -2.58. The number of pyridine rings is 1. The lowest BCUT2D eigenvalue weighted by Gasteiger charge is -2.32. The van der Waals surface area contributed by atoms with Crippen molar-refractivity contribution in [1.82, 2.24) is 20.1 Å². The van der Waals surface area contributed by atoms with E-state index in [0.717, 1.165) is 43.4 Å². The fourth-order valence-corrected chi connectivity index (χ4v) is 6.17. The smallest absolute Gasteiger partial charge is 0.419 e. The van der Waals surface area contributed by atoms with E-state index >= 15 is 0 Å². The van der Waals surface area contributed by atoms with Crippen LogP contribution in [-0.4, -0.2) is 85.1 Å². The van der Waals surface area contributed by atoms with E-state index in [1.54, 1.807) is 24.4 Å². The number of halogens is 3. The number of ether oxygens (including phenoxy) is 3. The van der Waals surface area contributed by atoms with Crippen LogP contribution in [0.25, 0.3) is 0 Å². The van der Waals surface area contributed by atoms with Gasteiger partial charge < -0.3 is 29.7 Å². The minimum atomic E-state index is -4.69. The van der Waals surface area contributed by atoms with Crippen LogP contribution >= 0.6 is 0 Å². The topological polar surface area (TPSA) is 105 Å². The molecule has 4 aliphatic rings. The van der Waals surface area contributed by atoms with E-state index in [9.17, 15) is 22.8 Å². The van der Waals surface area contributed by atoms with E-state index in [1.807, 2.05) is 13.1 Å². The summed E-state index contributed by atoms with van der Waals surface area (Å²) in [7, 11) is 2.04. The van der Waals surface area contributed by atoms with Crippen LogP contribution in [0.4, 0.5) is 19.0 Å². The van der Waals surface area contributed by atoms with Gasteiger partial charge >= 0.3 is 6.18 Å². The molecule has 4 heterocycles. The van der Waals surface area contributed by atoms with Crippen LogP contribution in [0.1, 0.15) is 39.4 Å². The Balaban J connectivity index is 1.00. The van der Waals surface area contributed by atoms with Gasteiger partial charge in [0.15, 0.2) is 0 Å². The van der Waals surface area contributed by atoms with Gasteiger partial charge in [0.05, 0.1) is 17.5 Å². The van der Waals surface area contributed by atoms with Gasteiger partial charge in [-0.05, 0) is 55.9 Å². The molecule has 3 aromatic rings. The molecule has 236 valence electrons. The molecule has 2 aromatic carbocycles. The number of likely N-dealkylation sites (N-methyl/N-ethyl adjacent to an activating group) is 1. The molecule has 1 saturated heterocycles. The number of benzene rings is 2. The van der Waals surface area contributed by atoms with Gasteiger partial charge in [0.25, 0.3) is 5.91 Å². The highest BCUT2D eigenvalue weighted by Crippen LogP contribution is 2.54. The predicted octanol–water partition coefficient (Wildman–Crippen LogP) is 4.06. The molecule has 13 heteroatoms. The van der Waals surface area contributed by atoms with E-state index in [2.05, 4.69) is 25.4 Å². The number of aromatic nitrogens is 1. The van der Waals surface area contributed by atoms with Crippen molar-refractivity contribution in [3.63, 3.8) is 0 Å². The Labute approximate surface area is 257 Å². The van der Waals surface area contributed by atoms with Crippen LogP contribution in [-0.2, 0) is 17.4 Å². The van der Waals surface area contributed by atoms with Crippen LogP contribution in [0.3, 0.4) is 0 Å². The molecule has 7 rings (SSSR count). The molecule has 2 N–H and O–H groups in total. The summed E-state index contributed by atoms with van der Waals surface area (Å²) in [6.45, 7) is 4.12. The van der Waals surface area contributed by atoms with Crippen LogP contribution in [0, 0.1) is 0 Å². The summed E-state index contributed by atoms with van der Waals surface area (Å²) in [4.78, 5) is 33.4. The third-order valence-corrected chi connectivity index (χ3v) is 8.76.